The van der Waals surface area contributed by atoms with E-state index in [1.54, 1.807) is 0 Å². The summed E-state index contributed by atoms with van der Waals surface area (Å²) in [6.07, 6.45) is 2.92. The van der Waals surface area contributed by atoms with Gasteiger partial charge in [-0.3, -0.25) is 0 Å². The van der Waals surface area contributed by atoms with Gasteiger partial charge in [-0.25, -0.2) is 0 Å². The lowest BCUT2D eigenvalue weighted by molar-refractivity contribution is 0.526. The summed E-state index contributed by atoms with van der Waals surface area (Å²) in [5, 5.41) is 0. The molecule has 0 heterocycles. The molecular formula is C21H26OSi. The normalized spacial score (nSPS) is 12.7. The molecule has 0 aromatic heterocycles. The first-order valence-electron chi connectivity index (χ1n) is 8.73. The van der Waals surface area contributed by atoms with Crippen LogP contribution in [0.25, 0.3) is 17.2 Å². The molecule has 1 nitrogen and oxygen atoms in total. The molecule has 0 saturated heterocycles. The lowest BCUT2D eigenvalue weighted by Gasteiger charge is -2.31. The fourth-order valence-electron chi connectivity index (χ4n) is 3.67. The molecule has 0 radical (unpaired) electrons. The third-order valence-corrected chi connectivity index (χ3v) is 9.94. The van der Waals surface area contributed by atoms with Gasteiger partial charge in [0, 0.05) is 17.5 Å². The Bertz CT molecular complexity index is 720. The zero-order valence-electron chi connectivity index (χ0n) is 14.5. The molecule has 1 aliphatic carbocycles. The molecule has 0 spiro atoms. The molecule has 0 N–H and O–H groups in total. The highest BCUT2D eigenvalue weighted by Gasteiger charge is 2.33. The molecule has 120 valence electrons. The third-order valence-electron chi connectivity index (χ3n) is 5.44. The molecule has 3 rings (SSSR count). The van der Waals surface area contributed by atoms with Crippen LogP contribution >= 0.6 is 0 Å². The van der Waals surface area contributed by atoms with Crippen molar-refractivity contribution >= 4 is 14.4 Å². The lowest BCUT2D eigenvalue weighted by atomic mass is 10.0. The van der Waals surface area contributed by atoms with Crippen molar-refractivity contribution in [2.75, 3.05) is 0 Å². The number of fused-ring (bicyclic) bond motifs is 3. The largest absolute Gasteiger partial charge is 0.543 e. The molecule has 0 aliphatic heterocycles. The molecule has 0 atom stereocenters. The summed E-state index contributed by atoms with van der Waals surface area (Å²) in [5.41, 5.74) is 6.61. The maximum absolute atomic E-state index is 6.81. The van der Waals surface area contributed by atoms with E-state index in [1.807, 2.05) is 6.08 Å². The van der Waals surface area contributed by atoms with E-state index in [-0.39, 0.29) is 0 Å². The maximum atomic E-state index is 6.81. The molecule has 2 heteroatoms. The van der Waals surface area contributed by atoms with E-state index in [1.165, 1.54) is 22.3 Å². The van der Waals surface area contributed by atoms with Crippen molar-refractivity contribution in [3.8, 4) is 16.9 Å². The van der Waals surface area contributed by atoms with Crippen molar-refractivity contribution < 1.29 is 4.43 Å². The molecule has 0 saturated carbocycles. The van der Waals surface area contributed by atoms with Crippen LogP contribution in [0.2, 0.25) is 18.1 Å². The van der Waals surface area contributed by atoms with E-state index in [9.17, 15) is 0 Å². The van der Waals surface area contributed by atoms with Gasteiger partial charge in [0.2, 0.25) is 0 Å². The van der Waals surface area contributed by atoms with E-state index < -0.39 is 8.32 Å². The van der Waals surface area contributed by atoms with Crippen LogP contribution in [0, 0.1) is 0 Å². The summed E-state index contributed by atoms with van der Waals surface area (Å²) in [5.74, 6) is 1.10. The SMILES string of the molecule is C=Cc1ccc2c(c1O[Si](CC)(CC)CC)Cc1ccccc1-2. The molecule has 0 bridgehead atoms. The standard InChI is InChI=1S/C21H26OSi/c1-5-16-13-14-19-18-12-10-9-11-17(18)15-20(19)21(16)22-23(6-2,7-3)8-4/h5,9-14H,1,6-8,15H2,2-4H3. The van der Waals surface area contributed by atoms with Gasteiger partial charge in [0.25, 0.3) is 8.32 Å². The van der Waals surface area contributed by atoms with E-state index in [0.29, 0.717) is 0 Å². The molecule has 0 amide bonds. The summed E-state index contributed by atoms with van der Waals surface area (Å²) in [6.45, 7) is 10.9. The molecule has 23 heavy (non-hydrogen) atoms. The number of rotatable bonds is 6. The van der Waals surface area contributed by atoms with Gasteiger partial charge in [-0.1, -0.05) is 69.8 Å². The van der Waals surface area contributed by atoms with E-state index >= 15 is 0 Å². The van der Waals surface area contributed by atoms with Crippen molar-refractivity contribution in [1.82, 2.24) is 0 Å². The number of hydrogen-bond acceptors (Lipinski definition) is 1. The molecule has 0 fully saturated rings. The van der Waals surface area contributed by atoms with E-state index in [2.05, 4.69) is 63.7 Å². The van der Waals surface area contributed by atoms with Gasteiger partial charge in [-0.2, -0.15) is 0 Å². The summed E-state index contributed by atoms with van der Waals surface area (Å²) in [7, 11) is -1.70. The molecule has 0 unspecified atom stereocenters. The minimum Gasteiger partial charge on any atom is -0.543 e. The smallest absolute Gasteiger partial charge is 0.250 e. The first-order chi connectivity index (χ1) is 11.2. The lowest BCUT2D eigenvalue weighted by Crippen LogP contribution is -2.39. The summed E-state index contributed by atoms with van der Waals surface area (Å²) in [6, 6.07) is 16.6. The monoisotopic (exact) mass is 322 g/mol. The maximum Gasteiger partial charge on any atom is 0.250 e. The Balaban J connectivity index is 2.12. The predicted octanol–water partition coefficient (Wildman–Crippen LogP) is 6.28. The Morgan fingerprint density at radius 2 is 1.70 bits per heavy atom. The third kappa shape index (κ3) is 2.65. The zero-order chi connectivity index (χ0) is 16.4. The van der Waals surface area contributed by atoms with Crippen molar-refractivity contribution in [2.24, 2.45) is 0 Å². The minimum absolute atomic E-state index is 0.976. The Labute approximate surface area is 141 Å². The van der Waals surface area contributed by atoms with Crippen LogP contribution in [0.15, 0.2) is 43.0 Å². The Hall–Kier alpha value is -1.80. The number of benzene rings is 2. The predicted molar refractivity (Wildman–Crippen MR) is 103 cm³/mol. The highest BCUT2D eigenvalue weighted by Crippen LogP contribution is 2.44. The van der Waals surface area contributed by atoms with Gasteiger partial charge in [-0.05, 0) is 34.8 Å². The van der Waals surface area contributed by atoms with Crippen LogP contribution in [0.4, 0.5) is 0 Å². The fraction of sp³-hybridized carbons (Fsp3) is 0.333. The van der Waals surface area contributed by atoms with Gasteiger partial charge in [0.1, 0.15) is 5.75 Å². The second-order valence-corrected chi connectivity index (χ2v) is 11.1. The van der Waals surface area contributed by atoms with Gasteiger partial charge >= 0.3 is 0 Å². The first kappa shape index (κ1) is 16.1. The van der Waals surface area contributed by atoms with Crippen LogP contribution in [0.3, 0.4) is 0 Å². The van der Waals surface area contributed by atoms with Crippen LogP contribution in [-0.2, 0) is 6.42 Å². The quantitative estimate of drug-likeness (QED) is 0.485. The van der Waals surface area contributed by atoms with E-state index in [4.69, 9.17) is 4.43 Å². The average molecular weight is 323 g/mol. The highest BCUT2D eigenvalue weighted by atomic mass is 28.4. The van der Waals surface area contributed by atoms with Gasteiger partial charge in [0.05, 0.1) is 0 Å². The van der Waals surface area contributed by atoms with Gasteiger partial charge in [0.15, 0.2) is 0 Å². The van der Waals surface area contributed by atoms with Crippen LogP contribution in [-0.4, -0.2) is 8.32 Å². The minimum atomic E-state index is -1.70. The summed E-state index contributed by atoms with van der Waals surface area (Å²) >= 11 is 0. The van der Waals surface area contributed by atoms with Gasteiger partial charge < -0.3 is 4.43 Å². The molecule has 2 aromatic carbocycles. The van der Waals surface area contributed by atoms with Crippen molar-refractivity contribution in [3.63, 3.8) is 0 Å². The molecule has 1 aliphatic rings. The topological polar surface area (TPSA) is 9.23 Å². The number of hydrogen-bond donors (Lipinski definition) is 0. The van der Waals surface area contributed by atoms with Crippen LogP contribution < -0.4 is 4.43 Å². The second-order valence-electron chi connectivity index (χ2n) is 6.39. The summed E-state index contributed by atoms with van der Waals surface area (Å²) in [4.78, 5) is 0. The average Bonchev–Trinajstić information content (AvgIpc) is 2.99. The zero-order valence-corrected chi connectivity index (χ0v) is 15.5. The molecule has 2 aromatic rings. The Kier molecular flexibility index (Phi) is 4.45. The van der Waals surface area contributed by atoms with Crippen molar-refractivity contribution in [1.29, 1.82) is 0 Å². The first-order valence-corrected chi connectivity index (χ1v) is 11.3. The fourth-order valence-corrected chi connectivity index (χ4v) is 6.27. The molecular weight excluding hydrogens is 296 g/mol. The van der Waals surface area contributed by atoms with Crippen molar-refractivity contribution in [3.05, 3.63) is 59.7 Å². The Morgan fingerprint density at radius 3 is 2.35 bits per heavy atom. The van der Waals surface area contributed by atoms with Crippen LogP contribution in [0.5, 0.6) is 5.75 Å². The highest BCUT2D eigenvalue weighted by molar-refractivity contribution is 6.74. The van der Waals surface area contributed by atoms with Crippen molar-refractivity contribution in [2.45, 2.75) is 45.3 Å². The summed E-state index contributed by atoms with van der Waals surface area (Å²) < 4.78 is 6.81. The second kappa shape index (κ2) is 6.36. The van der Waals surface area contributed by atoms with E-state index in [0.717, 1.165) is 35.9 Å². The van der Waals surface area contributed by atoms with Gasteiger partial charge in [-0.15, -0.1) is 0 Å². The van der Waals surface area contributed by atoms with Crippen LogP contribution in [0.1, 0.15) is 37.5 Å². The Morgan fingerprint density at radius 1 is 1.00 bits per heavy atom.